The van der Waals surface area contributed by atoms with Crippen molar-refractivity contribution in [3.8, 4) is 0 Å². The molecule has 0 radical (unpaired) electrons. The molecule has 1 aromatic rings. The molecule has 28 heavy (non-hydrogen) atoms. The van der Waals surface area contributed by atoms with E-state index in [-0.39, 0.29) is 24.1 Å². The van der Waals surface area contributed by atoms with Gasteiger partial charge in [-0.1, -0.05) is 6.92 Å². The molecule has 0 unspecified atom stereocenters. The fourth-order valence-corrected chi connectivity index (χ4v) is 3.27. The van der Waals surface area contributed by atoms with Crippen LogP contribution in [0.5, 0.6) is 0 Å². The van der Waals surface area contributed by atoms with Crippen molar-refractivity contribution < 1.29 is 14.3 Å². The fraction of sp³-hybridized carbons (Fsp3) is 0.619. The van der Waals surface area contributed by atoms with Crippen LogP contribution in [0.4, 0.5) is 16.2 Å². The highest BCUT2D eigenvalue weighted by Crippen LogP contribution is 2.25. The maximum absolute atomic E-state index is 12.8. The molecular weight excluding hydrogens is 356 g/mol. The standard InChI is InChI=1S/C21H34N4O3/c1-6-20(26)23-17-9-10-19(24(4)5)16(12-17)13-25(21(27)22-15(2)3)14-18-8-7-11-28-18/h9-10,12,15,18H,6-8,11,13-14H2,1-5H3,(H,22,27)(H,23,26)/t18-/m0/s1. The lowest BCUT2D eigenvalue weighted by molar-refractivity contribution is -0.115. The topological polar surface area (TPSA) is 73.9 Å². The molecule has 1 aliphatic rings. The predicted molar refractivity (Wildman–Crippen MR) is 113 cm³/mol. The van der Waals surface area contributed by atoms with Gasteiger partial charge in [-0.3, -0.25) is 4.79 Å². The molecule has 3 amide bonds. The van der Waals surface area contributed by atoms with Gasteiger partial charge in [-0.05, 0) is 50.5 Å². The van der Waals surface area contributed by atoms with E-state index in [4.69, 9.17) is 4.74 Å². The Hall–Kier alpha value is -2.28. The van der Waals surface area contributed by atoms with Crippen molar-refractivity contribution in [2.24, 2.45) is 0 Å². The Bertz CT molecular complexity index is 670. The molecule has 7 heteroatoms. The number of anilines is 2. The van der Waals surface area contributed by atoms with Crippen molar-refractivity contribution in [1.82, 2.24) is 10.2 Å². The molecule has 0 aliphatic carbocycles. The van der Waals surface area contributed by atoms with Crippen LogP contribution in [-0.2, 0) is 16.1 Å². The molecule has 0 spiro atoms. The van der Waals surface area contributed by atoms with E-state index in [0.29, 0.717) is 19.5 Å². The molecule has 1 heterocycles. The summed E-state index contributed by atoms with van der Waals surface area (Å²) in [6, 6.07) is 5.78. The molecule has 2 N–H and O–H groups in total. The van der Waals surface area contributed by atoms with Gasteiger partial charge < -0.3 is 25.2 Å². The second kappa shape index (κ2) is 10.3. The number of carbonyl (C=O) groups excluding carboxylic acids is 2. The number of rotatable bonds is 8. The summed E-state index contributed by atoms with van der Waals surface area (Å²) in [6.07, 6.45) is 2.50. The Morgan fingerprint density at radius 2 is 2.04 bits per heavy atom. The highest BCUT2D eigenvalue weighted by atomic mass is 16.5. The molecule has 2 rings (SSSR count). The minimum absolute atomic E-state index is 0.0303. The highest BCUT2D eigenvalue weighted by molar-refractivity contribution is 5.90. The van der Waals surface area contributed by atoms with E-state index in [1.807, 2.05) is 62.9 Å². The molecule has 0 aromatic heterocycles. The van der Waals surface area contributed by atoms with Crippen molar-refractivity contribution in [1.29, 1.82) is 0 Å². The molecule has 1 fully saturated rings. The van der Waals surface area contributed by atoms with Crippen LogP contribution in [0.25, 0.3) is 0 Å². The van der Waals surface area contributed by atoms with Gasteiger partial charge in [-0.2, -0.15) is 0 Å². The lowest BCUT2D eigenvalue weighted by Crippen LogP contribution is -2.45. The van der Waals surface area contributed by atoms with Crippen molar-refractivity contribution in [3.05, 3.63) is 23.8 Å². The van der Waals surface area contributed by atoms with Gasteiger partial charge in [0.15, 0.2) is 0 Å². The maximum Gasteiger partial charge on any atom is 0.317 e. The summed E-state index contributed by atoms with van der Waals surface area (Å²) in [6.45, 7) is 7.48. The molecule has 1 aliphatic heterocycles. The first-order valence-electron chi connectivity index (χ1n) is 10.1. The van der Waals surface area contributed by atoms with E-state index in [2.05, 4.69) is 10.6 Å². The molecule has 0 bridgehead atoms. The van der Waals surface area contributed by atoms with Gasteiger partial charge in [0.05, 0.1) is 6.10 Å². The summed E-state index contributed by atoms with van der Waals surface area (Å²) >= 11 is 0. The van der Waals surface area contributed by atoms with Gasteiger partial charge in [0.2, 0.25) is 5.91 Å². The number of nitrogens with zero attached hydrogens (tertiary/aromatic N) is 2. The number of ether oxygens (including phenoxy) is 1. The molecule has 156 valence electrons. The Labute approximate surface area is 168 Å². The first kappa shape index (κ1) is 22.0. The van der Waals surface area contributed by atoms with Crippen molar-refractivity contribution >= 4 is 23.3 Å². The van der Waals surface area contributed by atoms with Crippen LogP contribution in [-0.4, -0.2) is 56.2 Å². The van der Waals surface area contributed by atoms with Gasteiger partial charge in [-0.15, -0.1) is 0 Å². The zero-order valence-electron chi connectivity index (χ0n) is 17.7. The van der Waals surface area contributed by atoms with Crippen LogP contribution in [0.3, 0.4) is 0 Å². The Kier molecular flexibility index (Phi) is 8.11. The Morgan fingerprint density at radius 3 is 2.61 bits per heavy atom. The zero-order chi connectivity index (χ0) is 20.7. The van der Waals surface area contributed by atoms with E-state index in [0.717, 1.165) is 36.4 Å². The minimum atomic E-state index is -0.0989. The number of amides is 3. The molecule has 1 atom stereocenters. The average Bonchev–Trinajstić information content (AvgIpc) is 3.13. The zero-order valence-corrected chi connectivity index (χ0v) is 17.7. The van der Waals surface area contributed by atoms with Crippen LogP contribution < -0.4 is 15.5 Å². The largest absolute Gasteiger partial charge is 0.377 e. The van der Waals surface area contributed by atoms with E-state index >= 15 is 0 Å². The van der Waals surface area contributed by atoms with Crippen molar-refractivity contribution in [3.63, 3.8) is 0 Å². The second-order valence-corrected chi connectivity index (χ2v) is 7.76. The first-order chi connectivity index (χ1) is 13.3. The fourth-order valence-electron chi connectivity index (χ4n) is 3.27. The monoisotopic (exact) mass is 390 g/mol. The van der Waals surface area contributed by atoms with Gasteiger partial charge in [0.1, 0.15) is 0 Å². The lowest BCUT2D eigenvalue weighted by atomic mass is 10.1. The number of benzene rings is 1. The molecule has 0 saturated carbocycles. The van der Waals surface area contributed by atoms with E-state index in [1.54, 1.807) is 0 Å². The van der Waals surface area contributed by atoms with Gasteiger partial charge in [-0.25, -0.2) is 4.79 Å². The summed E-state index contributed by atoms with van der Waals surface area (Å²) < 4.78 is 5.76. The van der Waals surface area contributed by atoms with Gasteiger partial charge in [0, 0.05) is 57.6 Å². The summed E-state index contributed by atoms with van der Waals surface area (Å²) in [5.41, 5.74) is 2.74. The van der Waals surface area contributed by atoms with E-state index < -0.39 is 0 Å². The molecule has 1 aromatic carbocycles. The van der Waals surface area contributed by atoms with Crippen LogP contribution in [0.2, 0.25) is 0 Å². The first-order valence-corrected chi connectivity index (χ1v) is 10.1. The second-order valence-electron chi connectivity index (χ2n) is 7.76. The summed E-state index contributed by atoms with van der Waals surface area (Å²) in [5.74, 6) is -0.0303. The molecular formula is C21H34N4O3. The Balaban J connectivity index is 2.26. The predicted octanol–water partition coefficient (Wildman–Crippen LogP) is 3.20. The summed E-state index contributed by atoms with van der Waals surface area (Å²) in [4.78, 5) is 28.4. The highest BCUT2D eigenvalue weighted by Gasteiger charge is 2.24. The summed E-state index contributed by atoms with van der Waals surface area (Å²) in [5, 5.41) is 5.89. The van der Waals surface area contributed by atoms with Crippen LogP contribution >= 0.6 is 0 Å². The number of hydrogen-bond acceptors (Lipinski definition) is 4. The van der Waals surface area contributed by atoms with E-state index in [1.165, 1.54) is 0 Å². The SMILES string of the molecule is CCC(=O)Nc1ccc(N(C)C)c(CN(C[C@@H]2CCCO2)C(=O)NC(C)C)c1. The quantitative estimate of drug-likeness (QED) is 0.715. The number of nitrogens with one attached hydrogen (secondary N) is 2. The Morgan fingerprint density at radius 1 is 1.29 bits per heavy atom. The number of carbonyl (C=O) groups is 2. The van der Waals surface area contributed by atoms with Gasteiger partial charge in [0.25, 0.3) is 0 Å². The summed E-state index contributed by atoms with van der Waals surface area (Å²) in [7, 11) is 3.95. The third-order valence-electron chi connectivity index (χ3n) is 4.67. The van der Waals surface area contributed by atoms with Crippen molar-refractivity contribution in [2.45, 2.75) is 58.7 Å². The van der Waals surface area contributed by atoms with Crippen LogP contribution in [0.1, 0.15) is 45.6 Å². The van der Waals surface area contributed by atoms with Crippen molar-refractivity contribution in [2.75, 3.05) is 37.5 Å². The minimum Gasteiger partial charge on any atom is -0.377 e. The smallest absolute Gasteiger partial charge is 0.317 e. The molecule has 7 nitrogen and oxygen atoms in total. The normalized spacial score (nSPS) is 16.1. The van der Waals surface area contributed by atoms with Gasteiger partial charge >= 0.3 is 6.03 Å². The van der Waals surface area contributed by atoms with E-state index in [9.17, 15) is 9.59 Å². The maximum atomic E-state index is 12.8. The third-order valence-corrected chi connectivity index (χ3v) is 4.67. The number of hydrogen-bond donors (Lipinski definition) is 2. The third kappa shape index (κ3) is 6.41. The van der Waals surface area contributed by atoms with Crippen LogP contribution in [0.15, 0.2) is 18.2 Å². The lowest BCUT2D eigenvalue weighted by Gasteiger charge is -2.29. The van der Waals surface area contributed by atoms with Crippen LogP contribution in [0, 0.1) is 0 Å². The molecule has 1 saturated heterocycles. The average molecular weight is 391 g/mol. The number of urea groups is 1.